The molecule has 1 fully saturated rings. The first-order valence-corrected chi connectivity index (χ1v) is 7.23. The number of hydrogen-bond acceptors (Lipinski definition) is 2. The van der Waals surface area contributed by atoms with Crippen molar-refractivity contribution in [1.29, 1.82) is 0 Å². The lowest BCUT2D eigenvalue weighted by atomic mass is 10.0. The lowest BCUT2D eigenvalue weighted by Crippen LogP contribution is -2.45. The fourth-order valence-electron chi connectivity index (χ4n) is 1.63. The van der Waals surface area contributed by atoms with Gasteiger partial charge in [-0.1, -0.05) is 29.4 Å². The normalized spacial score (nSPS) is 24.0. The van der Waals surface area contributed by atoms with Crippen LogP contribution in [0.4, 0.5) is 0 Å². The molecule has 1 N–H and O–H groups in total. The lowest BCUT2D eigenvalue weighted by Gasteiger charge is -2.29. The predicted octanol–water partition coefficient (Wildman–Crippen LogP) is 1.46. The van der Waals surface area contributed by atoms with E-state index in [9.17, 15) is 8.42 Å². The molecule has 1 aliphatic heterocycles. The van der Waals surface area contributed by atoms with Crippen LogP contribution in [0.2, 0.25) is 0 Å². The van der Waals surface area contributed by atoms with Crippen LogP contribution in [0, 0.1) is 5.92 Å². The van der Waals surface area contributed by atoms with Crippen molar-refractivity contribution in [3.63, 3.8) is 0 Å². The first-order valence-electron chi connectivity index (χ1n) is 5.00. The number of hydrogen-bond donors (Lipinski definition) is 1. The highest BCUT2D eigenvalue weighted by Crippen LogP contribution is 2.17. The number of nitrogens with one attached hydrogen (secondary N) is 1. The van der Waals surface area contributed by atoms with Crippen LogP contribution in [-0.2, 0) is 10.2 Å². The molecule has 1 atom stereocenters. The fraction of sp³-hybridized carbons (Fsp3) is 0.778. The second kappa shape index (κ2) is 5.43. The van der Waals surface area contributed by atoms with Crippen LogP contribution < -0.4 is 4.72 Å². The van der Waals surface area contributed by atoms with E-state index in [0.717, 1.165) is 12.8 Å². The Kier molecular flexibility index (Phi) is 4.76. The first-order chi connectivity index (χ1) is 6.92. The van der Waals surface area contributed by atoms with E-state index in [0.29, 0.717) is 23.5 Å². The van der Waals surface area contributed by atoms with Gasteiger partial charge in [0.1, 0.15) is 0 Å². The van der Waals surface area contributed by atoms with Crippen LogP contribution in [0.1, 0.15) is 19.8 Å². The average Bonchev–Trinajstić information content (AvgIpc) is 2.15. The van der Waals surface area contributed by atoms with Crippen molar-refractivity contribution in [2.24, 2.45) is 5.92 Å². The summed E-state index contributed by atoms with van der Waals surface area (Å²) < 4.78 is 28.2. The summed E-state index contributed by atoms with van der Waals surface area (Å²) >= 11 is 3.12. The third-order valence-electron chi connectivity index (χ3n) is 2.41. The minimum atomic E-state index is -3.32. The lowest BCUT2D eigenvalue weighted by molar-refractivity contribution is 0.278. The van der Waals surface area contributed by atoms with Crippen molar-refractivity contribution in [1.82, 2.24) is 9.03 Å². The maximum Gasteiger partial charge on any atom is 0.279 e. The largest absolute Gasteiger partial charge is 0.279 e. The van der Waals surface area contributed by atoms with Gasteiger partial charge in [-0.15, -0.1) is 0 Å². The van der Waals surface area contributed by atoms with Crippen LogP contribution in [0.5, 0.6) is 0 Å². The van der Waals surface area contributed by atoms with Gasteiger partial charge < -0.3 is 0 Å². The Morgan fingerprint density at radius 1 is 1.67 bits per heavy atom. The smallest absolute Gasteiger partial charge is 0.197 e. The fourth-order valence-corrected chi connectivity index (χ4v) is 3.31. The summed E-state index contributed by atoms with van der Waals surface area (Å²) in [5.74, 6) is 0.447. The Balaban J connectivity index is 2.56. The number of rotatable bonds is 4. The van der Waals surface area contributed by atoms with Crippen molar-refractivity contribution >= 4 is 26.1 Å². The Bertz CT molecular complexity index is 329. The molecule has 88 valence electrons. The van der Waals surface area contributed by atoms with Crippen LogP contribution >= 0.6 is 15.9 Å². The highest BCUT2D eigenvalue weighted by atomic mass is 79.9. The van der Waals surface area contributed by atoms with E-state index in [4.69, 9.17) is 0 Å². The third-order valence-corrected chi connectivity index (χ3v) is 4.21. The SMILES string of the molecule is C=C(Br)CNS(=O)(=O)N1CCCC(C)C1. The predicted molar refractivity (Wildman–Crippen MR) is 65.0 cm³/mol. The number of piperidine rings is 1. The van der Waals surface area contributed by atoms with Crippen LogP contribution in [0.15, 0.2) is 11.1 Å². The monoisotopic (exact) mass is 296 g/mol. The molecule has 0 spiro atoms. The van der Waals surface area contributed by atoms with Crippen molar-refractivity contribution in [3.05, 3.63) is 11.1 Å². The van der Waals surface area contributed by atoms with Gasteiger partial charge in [0.2, 0.25) is 0 Å². The molecule has 1 saturated heterocycles. The molecule has 0 aromatic rings. The average molecular weight is 297 g/mol. The highest BCUT2D eigenvalue weighted by molar-refractivity contribution is 9.11. The zero-order valence-corrected chi connectivity index (χ0v) is 11.3. The quantitative estimate of drug-likeness (QED) is 0.854. The molecule has 0 aromatic carbocycles. The molecular formula is C9H17BrN2O2S. The molecule has 0 bridgehead atoms. The molecule has 15 heavy (non-hydrogen) atoms. The third kappa shape index (κ3) is 4.22. The molecule has 0 amide bonds. The standard InChI is InChI=1S/C9H17BrN2O2S/c1-8-4-3-5-12(7-8)15(13,14)11-6-9(2)10/h8,11H,2-7H2,1H3. The summed E-state index contributed by atoms with van der Waals surface area (Å²) in [7, 11) is -3.32. The van der Waals surface area contributed by atoms with E-state index in [1.165, 1.54) is 4.31 Å². The molecule has 1 unspecified atom stereocenters. The van der Waals surface area contributed by atoms with Gasteiger partial charge in [0.25, 0.3) is 10.2 Å². The van der Waals surface area contributed by atoms with E-state index < -0.39 is 10.2 Å². The van der Waals surface area contributed by atoms with Crippen LogP contribution in [-0.4, -0.2) is 32.4 Å². The molecule has 1 rings (SSSR count). The minimum Gasteiger partial charge on any atom is -0.197 e. The molecule has 0 saturated carbocycles. The van der Waals surface area contributed by atoms with Crippen molar-refractivity contribution in [2.75, 3.05) is 19.6 Å². The second-order valence-corrected chi connectivity index (χ2v) is 6.83. The Labute approximate surface area is 100 Å². The van der Waals surface area contributed by atoms with Gasteiger partial charge >= 0.3 is 0 Å². The van der Waals surface area contributed by atoms with Gasteiger partial charge in [-0.3, -0.25) is 0 Å². The molecule has 1 heterocycles. The summed E-state index contributed by atoms with van der Waals surface area (Å²) in [6.45, 7) is 7.14. The molecule has 4 nitrogen and oxygen atoms in total. The maximum atomic E-state index is 11.8. The van der Waals surface area contributed by atoms with Crippen molar-refractivity contribution < 1.29 is 8.42 Å². The van der Waals surface area contributed by atoms with Crippen molar-refractivity contribution in [3.8, 4) is 0 Å². The minimum absolute atomic E-state index is 0.243. The van der Waals surface area contributed by atoms with Gasteiger partial charge in [-0.2, -0.15) is 17.4 Å². The van der Waals surface area contributed by atoms with E-state index in [1.54, 1.807) is 0 Å². The Morgan fingerprint density at radius 3 is 2.87 bits per heavy atom. The Morgan fingerprint density at radius 2 is 2.33 bits per heavy atom. The topological polar surface area (TPSA) is 49.4 Å². The summed E-state index contributed by atoms with van der Waals surface area (Å²) in [4.78, 5) is 0. The van der Waals surface area contributed by atoms with Crippen LogP contribution in [0.3, 0.4) is 0 Å². The Hall–Kier alpha value is 0.0900. The number of nitrogens with zero attached hydrogens (tertiary/aromatic N) is 1. The van der Waals surface area contributed by atoms with Gasteiger partial charge in [0, 0.05) is 24.1 Å². The van der Waals surface area contributed by atoms with E-state index >= 15 is 0 Å². The summed E-state index contributed by atoms with van der Waals surface area (Å²) in [5.41, 5.74) is 0. The molecule has 6 heteroatoms. The summed E-state index contributed by atoms with van der Waals surface area (Å²) in [5, 5.41) is 0. The molecule has 0 radical (unpaired) electrons. The van der Waals surface area contributed by atoms with Gasteiger partial charge in [0.15, 0.2) is 0 Å². The molecule has 1 aliphatic rings. The first kappa shape index (κ1) is 13.2. The van der Waals surface area contributed by atoms with Crippen molar-refractivity contribution in [2.45, 2.75) is 19.8 Å². The highest BCUT2D eigenvalue weighted by Gasteiger charge is 2.26. The van der Waals surface area contributed by atoms with E-state index in [-0.39, 0.29) is 6.54 Å². The summed E-state index contributed by atoms with van der Waals surface area (Å²) in [6.07, 6.45) is 2.05. The number of halogens is 1. The molecule has 0 aromatic heterocycles. The van der Waals surface area contributed by atoms with Gasteiger partial charge in [0.05, 0.1) is 0 Å². The van der Waals surface area contributed by atoms with E-state index in [2.05, 4.69) is 34.2 Å². The second-order valence-electron chi connectivity index (χ2n) is 3.95. The zero-order chi connectivity index (χ0) is 11.5. The zero-order valence-electron chi connectivity index (χ0n) is 8.87. The molecule has 0 aliphatic carbocycles. The van der Waals surface area contributed by atoms with Gasteiger partial charge in [-0.05, 0) is 18.8 Å². The van der Waals surface area contributed by atoms with Gasteiger partial charge in [-0.25, -0.2) is 0 Å². The summed E-state index contributed by atoms with van der Waals surface area (Å²) in [6, 6.07) is 0. The van der Waals surface area contributed by atoms with Crippen LogP contribution in [0.25, 0.3) is 0 Å². The maximum absolute atomic E-state index is 11.8. The molecular weight excluding hydrogens is 280 g/mol. The van der Waals surface area contributed by atoms with E-state index in [1.807, 2.05) is 0 Å².